The molecule has 23 heavy (non-hydrogen) atoms. The number of benzene rings is 2. The van der Waals surface area contributed by atoms with Crippen LogP contribution in [0.4, 0.5) is 5.69 Å². The zero-order valence-electron chi connectivity index (χ0n) is 12.3. The Kier molecular flexibility index (Phi) is 6.14. The number of carboxylic acids is 1. The van der Waals surface area contributed by atoms with Crippen LogP contribution in [0.3, 0.4) is 0 Å². The smallest absolute Gasteiger partial charge is 0.321 e. The zero-order valence-corrected chi connectivity index (χ0v) is 13.1. The van der Waals surface area contributed by atoms with Gasteiger partial charge >= 0.3 is 5.97 Å². The highest BCUT2D eigenvalue weighted by Gasteiger charge is 2.21. The summed E-state index contributed by atoms with van der Waals surface area (Å²) in [5, 5.41) is 15.2. The highest BCUT2D eigenvalue weighted by atomic mass is 35.5. The molecule has 6 heteroatoms. The third-order valence-corrected chi connectivity index (χ3v) is 3.56. The molecule has 0 unspecified atom stereocenters. The van der Waals surface area contributed by atoms with Gasteiger partial charge in [-0.25, -0.2) is 0 Å². The van der Waals surface area contributed by atoms with Crippen molar-refractivity contribution in [2.24, 2.45) is 0 Å². The van der Waals surface area contributed by atoms with Crippen molar-refractivity contribution in [3.8, 4) is 0 Å². The minimum atomic E-state index is -1.07. The number of anilines is 1. The number of nitrogens with one attached hydrogen (secondary N) is 2. The highest BCUT2D eigenvalue weighted by molar-refractivity contribution is 6.33. The molecular weight excluding hydrogens is 316 g/mol. The fourth-order valence-corrected chi connectivity index (χ4v) is 2.22. The van der Waals surface area contributed by atoms with Gasteiger partial charge in [-0.1, -0.05) is 54.1 Å². The molecule has 120 valence electrons. The maximum atomic E-state index is 12.0. The molecule has 3 N–H and O–H groups in total. The third kappa shape index (κ3) is 5.39. The fraction of sp³-hybridized carbons (Fsp3) is 0.176. The molecule has 0 bridgehead atoms. The van der Waals surface area contributed by atoms with Crippen LogP contribution < -0.4 is 10.6 Å². The van der Waals surface area contributed by atoms with Gasteiger partial charge in [0.1, 0.15) is 6.04 Å². The van der Waals surface area contributed by atoms with Crippen LogP contribution in [-0.2, 0) is 16.1 Å². The van der Waals surface area contributed by atoms with Gasteiger partial charge in [0.25, 0.3) is 0 Å². The zero-order chi connectivity index (χ0) is 16.7. The molecule has 0 aromatic heterocycles. The minimum absolute atomic E-state index is 0.187. The second kappa shape index (κ2) is 8.31. The van der Waals surface area contributed by atoms with Crippen molar-refractivity contribution in [3.63, 3.8) is 0 Å². The van der Waals surface area contributed by atoms with Crippen molar-refractivity contribution in [2.75, 3.05) is 5.32 Å². The number of hydrogen-bond donors (Lipinski definition) is 3. The lowest BCUT2D eigenvalue weighted by Crippen LogP contribution is -2.39. The van der Waals surface area contributed by atoms with Crippen LogP contribution in [-0.4, -0.2) is 23.0 Å². The number of carbonyl (C=O) groups is 2. The normalized spacial score (nSPS) is 11.7. The molecule has 2 aromatic carbocycles. The summed E-state index contributed by atoms with van der Waals surface area (Å²) < 4.78 is 0. The number of para-hydroxylation sites is 1. The first-order chi connectivity index (χ1) is 11.1. The lowest BCUT2D eigenvalue weighted by molar-refractivity contribution is -0.141. The Balaban J connectivity index is 1.92. The molecule has 0 fully saturated rings. The van der Waals surface area contributed by atoms with Gasteiger partial charge in [-0.05, 0) is 17.7 Å². The van der Waals surface area contributed by atoms with Crippen LogP contribution in [0.5, 0.6) is 0 Å². The van der Waals surface area contributed by atoms with E-state index in [4.69, 9.17) is 11.6 Å². The van der Waals surface area contributed by atoms with E-state index in [2.05, 4.69) is 10.6 Å². The molecule has 0 saturated heterocycles. The number of aliphatic carboxylic acids is 1. The number of hydrogen-bond acceptors (Lipinski definition) is 3. The van der Waals surface area contributed by atoms with Crippen molar-refractivity contribution in [2.45, 2.75) is 19.0 Å². The van der Waals surface area contributed by atoms with Gasteiger partial charge in [0.2, 0.25) is 5.91 Å². The van der Waals surface area contributed by atoms with Crippen molar-refractivity contribution in [1.29, 1.82) is 0 Å². The Bertz CT molecular complexity index is 677. The quantitative estimate of drug-likeness (QED) is 0.728. The summed E-state index contributed by atoms with van der Waals surface area (Å²) in [5.74, 6) is -1.48. The number of halogens is 1. The Morgan fingerprint density at radius 1 is 1.04 bits per heavy atom. The molecule has 0 saturated carbocycles. The van der Waals surface area contributed by atoms with E-state index in [9.17, 15) is 14.7 Å². The predicted octanol–water partition coefficient (Wildman–Crippen LogP) is 2.91. The first-order valence-electron chi connectivity index (χ1n) is 7.11. The summed E-state index contributed by atoms with van der Waals surface area (Å²) in [6.07, 6.45) is -0.187. The topological polar surface area (TPSA) is 78.4 Å². The van der Waals surface area contributed by atoms with E-state index in [1.165, 1.54) is 0 Å². The summed E-state index contributed by atoms with van der Waals surface area (Å²) in [6.45, 7) is 0.372. The molecule has 0 aliphatic rings. The average molecular weight is 333 g/mol. The number of carbonyl (C=O) groups excluding carboxylic acids is 1. The standard InChI is InChI=1S/C17H17ClN2O3/c18-13-8-4-5-9-14(13)20-16(21)10-15(17(22)23)19-11-12-6-2-1-3-7-12/h1-9,15,19H,10-11H2,(H,20,21)(H,22,23)/t15-/m0/s1. The van der Waals surface area contributed by atoms with E-state index >= 15 is 0 Å². The Labute approximate surface area is 139 Å². The van der Waals surface area contributed by atoms with Gasteiger partial charge < -0.3 is 10.4 Å². The van der Waals surface area contributed by atoms with Crippen molar-refractivity contribution < 1.29 is 14.7 Å². The summed E-state index contributed by atoms with van der Waals surface area (Å²) >= 11 is 5.96. The number of rotatable bonds is 7. The lowest BCUT2D eigenvalue weighted by atomic mass is 10.1. The maximum Gasteiger partial charge on any atom is 0.321 e. The van der Waals surface area contributed by atoms with Crippen LogP contribution in [0.2, 0.25) is 5.02 Å². The summed E-state index contributed by atoms with van der Waals surface area (Å²) in [5.41, 5.74) is 1.41. The monoisotopic (exact) mass is 332 g/mol. The van der Waals surface area contributed by atoms with Crippen LogP contribution in [0, 0.1) is 0 Å². The molecule has 2 rings (SSSR count). The van der Waals surface area contributed by atoms with Gasteiger partial charge in [0.15, 0.2) is 0 Å². The van der Waals surface area contributed by atoms with Crippen LogP contribution >= 0.6 is 11.6 Å². The fourth-order valence-electron chi connectivity index (χ4n) is 2.03. The van der Waals surface area contributed by atoms with Gasteiger partial charge in [0.05, 0.1) is 17.1 Å². The largest absolute Gasteiger partial charge is 0.480 e. The molecule has 1 amide bonds. The van der Waals surface area contributed by atoms with E-state index in [0.717, 1.165) is 5.56 Å². The molecular formula is C17H17ClN2O3. The second-order valence-corrected chi connectivity index (χ2v) is 5.40. The first kappa shape index (κ1) is 17.0. The van der Waals surface area contributed by atoms with Crippen molar-refractivity contribution in [1.82, 2.24) is 5.32 Å². The first-order valence-corrected chi connectivity index (χ1v) is 7.48. The van der Waals surface area contributed by atoms with E-state index in [1.807, 2.05) is 30.3 Å². The van der Waals surface area contributed by atoms with Crippen LogP contribution in [0.15, 0.2) is 54.6 Å². The minimum Gasteiger partial charge on any atom is -0.480 e. The average Bonchev–Trinajstić information content (AvgIpc) is 2.54. The van der Waals surface area contributed by atoms with Gasteiger partial charge in [0, 0.05) is 6.54 Å². The van der Waals surface area contributed by atoms with Gasteiger partial charge in [-0.2, -0.15) is 0 Å². The molecule has 0 spiro atoms. The summed E-state index contributed by atoms with van der Waals surface area (Å²) in [7, 11) is 0. The van der Waals surface area contributed by atoms with Crippen molar-refractivity contribution in [3.05, 3.63) is 65.2 Å². The molecule has 5 nitrogen and oxygen atoms in total. The highest BCUT2D eigenvalue weighted by Crippen LogP contribution is 2.20. The number of amides is 1. The van der Waals surface area contributed by atoms with E-state index in [-0.39, 0.29) is 6.42 Å². The SMILES string of the molecule is O=C(C[C@H](NCc1ccccc1)C(=O)O)Nc1ccccc1Cl. The van der Waals surface area contributed by atoms with Crippen LogP contribution in [0.25, 0.3) is 0 Å². The Morgan fingerprint density at radius 3 is 2.35 bits per heavy atom. The third-order valence-electron chi connectivity index (χ3n) is 3.23. The molecule has 0 aliphatic carbocycles. The summed E-state index contributed by atoms with van der Waals surface area (Å²) in [6, 6.07) is 15.2. The summed E-state index contributed by atoms with van der Waals surface area (Å²) in [4.78, 5) is 23.3. The van der Waals surface area contributed by atoms with Gasteiger partial charge in [-0.3, -0.25) is 14.9 Å². The van der Waals surface area contributed by atoms with Gasteiger partial charge in [-0.15, -0.1) is 0 Å². The van der Waals surface area contributed by atoms with Crippen molar-refractivity contribution >= 4 is 29.2 Å². The van der Waals surface area contributed by atoms with E-state index in [0.29, 0.717) is 17.3 Å². The van der Waals surface area contributed by atoms with Crippen LogP contribution in [0.1, 0.15) is 12.0 Å². The maximum absolute atomic E-state index is 12.0. The number of carboxylic acid groups (broad SMARTS) is 1. The molecule has 0 heterocycles. The molecule has 2 aromatic rings. The van der Waals surface area contributed by atoms with E-state index in [1.54, 1.807) is 24.3 Å². The lowest BCUT2D eigenvalue weighted by Gasteiger charge is -2.15. The molecule has 0 radical (unpaired) electrons. The molecule has 1 atom stereocenters. The predicted molar refractivity (Wildman–Crippen MR) is 89.4 cm³/mol. The Hall–Kier alpha value is -2.37. The molecule has 0 aliphatic heterocycles. The van der Waals surface area contributed by atoms with E-state index < -0.39 is 17.9 Å². The Morgan fingerprint density at radius 2 is 1.70 bits per heavy atom. The second-order valence-electron chi connectivity index (χ2n) is 4.99.